The van der Waals surface area contributed by atoms with Crippen molar-refractivity contribution in [3.63, 3.8) is 0 Å². The smallest absolute Gasteiger partial charge is 0.672 e. The molecule has 50 valence electrons. The molecule has 2 aliphatic rings. The summed E-state index contributed by atoms with van der Waals surface area (Å²) >= 11 is 0. The van der Waals surface area contributed by atoms with E-state index in [9.17, 15) is 0 Å². The van der Waals surface area contributed by atoms with E-state index in [1.165, 1.54) is 0 Å². The first kappa shape index (κ1) is 8.20. The summed E-state index contributed by atoms with van der Waals surface area (Å²) in [7, 11) is 0. The molecule has 2 heterocycles. The van der Waals surface area contributed by atoms with Crippen LogP contribution in [0.3, 0.4) is 0 Å². The van der Waals surface area contributed by atoms with E-state index in [1.54, 1.807) is 0 Å². The standard InChI is InChI=1S/C7H9O2.Li/c1-2-6-5-3-4-8-7(5)9-6;/h3,5-7H,2H2,1H3;/q-1;+1/t5-,6-,7+;/m0./s1. The minimum Gasteiger partial charge on any atom is -0.672 e. The van der Waals surface area contributed by atoms with E-state index < -0.39 is 0 Å². The number of rotatable bonds is 1. The first-order valence-corrected chi connectivity index (χ1v) is 3.32. The second-order valence-corrected chi connectivity index (χ2v) is 2.43. The van der Waals surface area contributed by atoms with Crippen molar-refractivity contribution >= 4 is 0 Å². The molecule has 10 heavy (non-hydrogen) atoms. The molecule has 0 radical (unpaired) electrons. The van der Waals surface area contributed by atoms with E-state index in [0.29, 0.717) is 12.0 Å². The summed E-state index contributed by atoms with van der Waals surface area (Å²) in [6.07, 6.45) is 6.13. The van der Waals surface area contributed by atoms with Crippen molar-refractivity contribution in [2.75, 3.05) is 0 Å². The van der Waals surface area contributed by atoms with Gasteiger partial charge in [-0.3, -0.25) is 0 Å². The van der Waals surface area contributed by atoms with Gasteiger partial charge in [-0.1, -0.05) is 6.92 Å². The average molecular weight is 132 g/mol. The largest absolute Gasteiger partial charge is 1.00 e. The van der Waals surface area contributed by atoms with Crippen LogP contribution in [0, 0.1) is 12.2 Å². The van der Waals surface area contributed by atoms with E-state index in [4.69, 9.17) is 9.47 Å². The molecule has 3 atom stereocenters. The number of ether oxygens (including phenoxy) is 2. The Kier molecular flexibility index (Phi) is 2.46. The third-order valence-electron chi connectivity index (χ3n) is 1.90. The van der Waals surface area contributed by atoms with Gasteiger partial charge >= 0.3 is 18.9 Å². The second-order valence-electron chi connectivity index (χ2n) is 2.43. The first-order chi connectivity index (χ1) is 4.42. The average Bonchev–Trinajstić information content (AvgIpc) is 2.14. The quantitative estimate of drug-likeness (QED) is 0.306. The Morgan fingerprint density at radius 1 is 1.60 bits per heavy atom. The SMILES string of the molecule is CC[C@@H]1O[C@H]2O[C-]=C[C@H]21.[Li+]. The Balaban J connectivity index is 0.000000500. The van der Waals surface area contributed by atoms with Crippen LogP contribution in [0.25, 0.3) is 0 Å². The predicted molar refractivity (Wildman–Crippen MR) is 31.3 cm³/mol. The summed E-state index contributed by atoms with van der Waals surface area (Å²) in [6, 6.07) is 0. The number of fused-ring (bicyclic) bond motifs is 1. The maximum absolute atomic E-state index is 5.30. The van der Waals surface area contributed by atoms with E-state index in [1.807, 2.05) is 6.08 Å². The van der Waals surface area contributed by atoms with Gasteiger partial charge in [-0.2, -0.15) is 0 Å². The molecule has 2 aliphatic heterocycles. The molecule has 0 aromatic carbocycles. The summed E-state index contributed by atoms with van der Waals surface area (Å²) in [6.45, 7) is 2.12. The van der Waals surface area contributed by atoms with Crippen molar-refractivity contribution in [1.29, 1.82) is 0 Å². The Labute approximate surface area is 72.8 Å². The van der Waals surface area contributed by atoms with Gasteiger partial charge in [0.05, 0.1) is 6.10 Å². The fraction of sp³-hybridized carbons (Fsp3) is 0.714. The molecule has 0 saturated carbocycles. The molecule has 0 aromatic heterocycles. The van der Waals surface area contributed by atoms with Crippen molar-refractivity contribution in [2.24, 2.45) is 5.92 Å². The van der Waals surface area contributed by atoms with Gasteiger partial charge in [-0.25, -0.2) is 6.08 Å². The summed E-state index contributed by atoms with van der Waals surface area (Å²) in [5.74, 6) is 0.495. The van der Waals surface area contributed by atoms with Gasteiger partial charge in [-0.05, 0) is 6.42 Å². The van der Waals surface area contributed by atoms with Crippen LogP contribution < -0.4 is 18.9 Å². The van der Waals surface area contributed by atoms with E-state index in [-0.39, 0.29) is 25.2 Å². The third kappa shape index (κ3) is 1.01. The summed E-state index contributed by atoms with van der Waals surface area (Å²) in [4.78, 5) is 0. The van der Waals surface area contributed by atoms with Crippen LogP contribution in [0.4, 0.5) is 0 Å². The molecule has 0 bridgehead atoms. The molecule has 0 amide bonds. The molecular weight excluding hydrogens is 123 g/mol. The van der Waals surface area contributed by atoms with Gasteiger partial charge in [0.2, 0.25) is 0 Å². The van der Waals surface area contributed by atoms with Crippen LogP contribution in [0.15, 0.2) is 6.08 Å². The van der Waals surface area contributed by atoms with Crippen molar-refractivity contribution in [1.82, 2.24) is 0 Å². The Morgan fingerprint density at radius 3 is 3.00 bits per heavy atom. The minimum absolute atomic E-state index is 0. The zero-order chi connectivity index (χ0) is 6.27. The molecule has 3 heteroatoms. The molecule has 1 saturated heterocycles. The van der Waals surface area contributed by atoms with Crippen molar-refractivity contribution in [2.45, 2.75) is 25.7 Å². The van der Waals surface area contributed by atoms with Gasteiger partial charge in [-0.15, -0.1) is 0 Å². The molecular formula is C7H9LiO2. The fourth-order valence-electron chi connectivity index (χ4n) is 1.28. The first-order valence-electron chi connectivity index (χ1n) is 3.32. The number of hydrogen-bond acceptors (Lipinski definition) is 2. The van der Waals surface area contributed by atoms with E-state index >= 15 is 0 Å². The van der Waals surface area contributed by atoms with Gasteiger partial charge in [0.1, 0.15) is 0 Å². The van der Waals surface area contributed by atoms with E-state index in [2.05, 4.69) is 13.2 Å². The molecule has 0 N–H and O–H groups in total. The summed E-state index contributed by atoms with van der Waals surface area (Å²) < 4.78 is 10.3. The third-order valence-corrected chi connectivity index (χ3v) is 1.90. The molecule has 1 fully saturated rings. The van der Waals surface area contributed by atoms with E-state index in [0.717, 1.165) is 6.42 Å². The topological polar surface area (TPSA) is 18.5 Å². The van der Waals surface area contributed by atoms with Crippen LogP contribution in [-0.2, 0) is 9.47 Å². The van der Waals surface area contributed by atoms with Crippen LogP contribution in [0.5, 0.6) is 0 Å². The molecule has 2 nitrogen and oxygen atoms in total. The molecule has 0 aliphatic carbocycles. The predicted octanol–water partition coefficient (Wildman–Crippen LogP) is -1.91. The van der Waals surface area contributed by atoms with Crippen LogP contribution in [-0.4, -0.2) is 12.4 Å². The van der Waals surface area contributed by atoms with Crippen molar-refractivity contribution < 1.29 is 28.3 Å². The van der Waals surface area contributed by atoms with Crippen LogP contribution in [0.2, 0.25) is 0 Å². The normalized spacial score (nSPS) is 41.1. The molecule has 2 rings (SSSR count). The monoisotopic (exact) mass is 132 g/mol. The maximum atomic E-state index is 5.30. The van der Waals surface area contributed by atoms with Gasteiger partial charge in [0.15, 0.2) is 6.29 Å². The van der Waals surface area contributed by atoms with Crippen molar-refractivity contribution in [3.05, 3.63) is 12.3 Å². The Bertz CT molecular complexity index is 147. The summed E-state index contributed by atoms with van der Waals surface area (Å²) in [5.41, 5.74) is 0. The van der Waals surface area contributed by atoms with Crippen LogP contribution in [0.1, 0.15) is 13.3 Å². The molecule has 0 aromatic rings. The second kappa shape index (κ2) is 3.00. The van der Waals surface area contributed by atoms with Gasteiger partial charge in [0.25, 0.3) is 0 Å². The summed E-state index contributed by atoms with van der Waals surface area (Å²) in [5, 5.41) is 0. The van der Waals surface area contributed by atoms with Crippen LogP contribution >= 0.6 is 0 Å². The molecule has 0 spiro atoms. The fourth-order valence-corrected chi connectivity index (χ4v) is 1.28. The zero-order valence-electron chi connectivity index (χ0n) is 6.33. The Hall–Kier alpha value is 0.0974. The maximum Gasteiger partial charge on any atom is 1.00 e. The van der Waals surface area contributed by atoms with Crippen molar-refractivity contribution in [3.8, 4) is 0 Å². The van der Waals surface area contributed by atoms with Gasteiger partial charge in [0, 0.05) is 5.92 Å². The zero-order valence-corrected chi connectivity index (χ0v) is 6.33. The van der Waals surface area contributed by atoms with Gasteiger partial charge < -0.3 is 15.7 Å². The minimum atomic E-state index is 0. The Morgan fingerprint density at radius 2 is 2.40 bits per heavy atom. The number of hydrogen-bond donors (Lipinski definition) is 0. The molecule has 0 unspecified atom stereocenters.